The maximum Gasteiger partial charge on any atom is 0.227 e. The van der Waals surface area contributed by atoms with Crippen molar-refractivity contribution in [1.82, 2.24) is 0 Å². The first-order chi connectivity index (χ1) is 10.6. The molecule has 22 heavy (non-hydrogen) atoms. The number of ether oxygens (including phenoxy) is 1. The Kier molecular flexibility index (Phi) is 3.86. The summed E-state index contributed by atoms with van der Waals surface area (Å²) in [7, 11) is 3.47. The Hall–Kier alpha value is -2.33. The monoisotopic (exact) mass is 296 g/mol. The zero-order valence-electron chi connectivity index (χ0n) is 12.9. The van der Waals surface area contributed by atoms with Gasteiger partial charge >= 0.3 is 0 Å². The number of methoxy groups -OCH3 is 1. The molecule has 0 aliphatic carbocycles. The van der Waals surface area contributed by atoms with Crippen LogP contribution in [0.3, 0.4) is 0 Å². The van der Waals surface area contributed by atoms with Gasteiger partial charge in [0.2, 0.25) is 5.91 Å². The van der Waals surface area contributed by atoms with E-state index < -0.39 is 0 Å². The summed E-state index contributed by atoms with van der Waals surface area (Å²) in [6.45, 7) is 0. The van der Waals surface area contributed by atoms with Crippen molar-refractivity contribution in [3.63, 3.8) is 0 Å². The first kappa shape index (κ1) is 14.6. The molecule has 0 aromatic heterocycles. The highest BCUT2D eigenvalue weighted by Crippen LogP contribution is 2.31. The highest BCUT2D eigenvalue weighted by molar-refractivity contribution is 5.95. The molecule has 2 aromatic rings. The van der Waals surface area contributed by atoms with Crippen molar-refractivity contribution < 1.29 is 9.53 Å². The van der Waals surface area contributed by atoms with Crippen LogP contribution in [0.15, 0.2) is 42.5 Å². The van der Waals surface area contributed by atoms with Crippen LogP contribution in [0.5, 0.6) is 5.75 Å². The third kappa shape index (κ3) is 2.57. The Labute approximate surface area is 130 Å². The van der Waals surface area contributed by atoms with Crippen LogP contribution in [0, 0.1) is 0 Å². The third-order valence-electron chi connectivity index (χ3n) is 4.26. The normalized spacial score (nSPS) is 15.4. The van der Waals surface area contributed by atoms with Crippen LogP contribution in [0.25, 0.3) is 0 Å². The highest BCUT2D eigenvalue weighted by Gasteiger charge is 2.22. The molecule has 1 aliphatic rings. The number of nitrogens with two attached hydrogens (primary N) is 1. The van der Waals surface area contributed by atoms with E-state index in [2.05, 4.69) is 6.07 Å². The molecule has 1 aliphatic heterocycles. The van der Waals surface area contributed by atoms with Gasteiger partial charge in [0.1, 0.15) is 5.75 Å². The summed E-state index contributed by atoms with van der Waals surface area (Å²) in [5, 5.41) is 0. The summed E-state index contributed by atoms with van der Waals surface area (Å²) in [5.41, 5.74) is 10.6. The van der Waals surface area contributed by atoms with Gasteiger partial charge in [-0.3, -0.25) is 4.79 Å². The van der Waals surface area contributed by atoms with Crippen LogP contribution >= 0.6 is 0 Å². The fourth-order valence-corrected chi connectivity index (χ4v) is 2.90. The number of amides is 1. The Morgan fingerprint density at radius 3 is 2.68 bits per heavy atom. The van der Waals surface area contributed by atoms with Gasteiger partial charge in [0.05, 0.1) is 13.2 Å². The topological polar surface area (TPSA) is 55.6 Å². The number of fused-ring (bicyclic) bond motifs is 1. The van der Waals surface area contributed by atoms with Gasteiger partial charge < -0.3 is 15.4 Å². The van der Waals surface area contributed by atoms with Gasteiger partial charge in [-0.2, -0.15) is 0 Å². The second kappa shape index (κ2) is 5.81. The van der Waals surface area contributed by atoms with E-state index in [0.29, 0.717) is 6.42 Å². The van der Waals surface area contributed by atoms with Gasteiger partial charge in [-0.15, -0.1) is 0 Å². The summed E-state index contributed by atoms with van der Waals surface area (Å²) < 4.78 is 5.26. The van der Waals surface area contributed by atoms with Gasteiger partial charge in [0.25, 0.3) is 0 Å². The first-order valence-corrected chi connectivity index (χ1v) is 7.39. The van der Waals surface area contributed by atoms with E-state index in [9.17, 15) is 4.79 Å². The number of aryl methyl sites for hydroxylation is 1. The van der Waals surface area contributed by atoms with Crippen molar-refractivity contribution in [3.8, 4) is 5.75 Å². The SMILES string of the molecule is COc1cccc(C(N)c2ccc3c(c2)CCC(=O)N3C)c1. The molecule has 114 valence electrons. The maximum absolute atomic E-state index is 11.8. The Morgan fingerprint density at radius 2 is 1.91 bits per heavy atom. The smallest absolute Gasteiger partial charge is 0.227 e. The number of carbonyl (C=O) groups is 1. The molecule has 0 radical (unpaired) electrons. The number of hydrogen-bond acceptors (Lipinski definition) is 3. The van der Waals surface area contributed by atoms with Crippen molar-refractivity contribution in [1.29, 1.82) is 0 Å². The molecule has 1 unspecified atom stereocenters. The van der Waals surface area contributed by atoms with E-state index in [-0.39, 0.29) is 11.9 Å². The van der Waals surface area contributed by atoms with E-state index in [1.807, 2.05) is 43.4 Å². The molecule has 4 nitrogen and oxygen atoms in total. The number of anilines is 1. The minimum atomic E-state index is -0.205. The lowest BCUT2D eigenvalue weighted by Crippen LogP contribution is -2.31. The van der Waals surface area contributed by atoms with Crippen LogP contribution < -0.4 is 15.4 Å². The van der Waals surface area contributed by atoms with Gasteiger partial charge in [-0.25, -0.2) is 0 Å². The number of carbonyl (C=O) groups excluding carboxylic acids is 1. The molecule has 0 spiro atoms. The fraction of sp³-hybridized carbons (Fsp3) is 0.278. The van der Waals surface area contributed by atoms with Gasteiger partial charge in [0, 0.05) is 19.2 Å². The average Bonchev–Trinajstić information content (AvgIpc) is 2.57. The number of benzene rings is 2. The minimum Gasteiger partial charge on any atom is -0.497 e. The molecule has 1 heterocycles. The van der Waals surface area contributed by atoms with E-state index in [4.69, 9.17) is 10.5 Å². The molecule has 4 heteroatoms. The second-order valence-electron chi connectivity index (χ2n) is 5.60. The third-order valence-corrected chi connectivity index (χ3v) is 4.26. The average molecular weight is 296 g/mol. The lowest BCUT2D eigenvalue weighted by molar-refractivity contribution is -0.118. The van der Waals surface area contributed by atoms with E-state index in [1.165, 1.54) is 5.56 Å². The Morgan fingerprint density at radius 1 is 1.14 bits per heavy atom. The molecule has 0 fully saturated rings. The fourth-order valence-electron chi connectivity index (χ4n) is 2.90. The Bertz CT molecular complexity index is 712. The zero-order valence-corrected chi connectivity index (χ0v) is 12.9. The lowest BCUT2D eigenvalue weighted by Gasteiger charge is -2.27. The molecular formula is C18H20N2O2. The maximum atomic E-state index is 11.8. The molecule has 1 amide bonds. The van der Waals surface area contributed by atoms with Gasteiger partial charge in [-0.1, -0.05) is 24.3 Å². The molecule has 2 N–H and O–H groups in total. The van der Waals surface area contributed by atoms with E-state index in [0.717, 1.165) is 29.0 Å². The number of nitrogens with zero attached hydrogens (tertiary/aromatic N) is 1. The van der Waals surface area contributed by atoms with Crippen LogP contribution in [0.4, 0.5) is 5.69 Å². The summed E-state index contributed by atoms with van der Waals surface area (Å²) in [6.07, 6.45) is 1.33. The quantitative estimate of drug-likeness (QED) is 0.947. The van der Waals surface area contributed by atoms with Crippen molar-refractivity contribution in [2.24, 2.45) is 5.73 Å². The van der Waals surface area contributed by atoms with Crippen LogP contribution in [-0.4, -0.2) is 20.1 Å². The van der Waals surface area contributed by atoms with Crippen molar-refractivity contribution in [2.75, 3.05) is 19.1 Å². The highest BCUT2D eigenvalue weighted by atomic mass is 16.5. The summed E-state index contributed by atoms with van der Waals surface area (Å²) in [4.78, 5) is 13.5. The van der Waals surface area contributed by atoms with Crippen LogP contribution in [0.1, 0.15) is 29.2 Å². The summed E-state index contributed by atoms with van der Waals surface area (Å²) in [6, 6.07) is 13.7. The predicted molar refractivity (Wildman–Crippen MR) is 87.2 cm³/mol. The molecule has 0 saturated heterocycles. The molecule has 0 saturated carbocycles. The number of rotatable bonds is 3. The van der Waals surface area contributed by atoms with E-state index in [1.54, 1.807) is 12.0 Å². The molecule has 0 bridgehead atoms. The lowest BCUT2D eigenvalue weighted by atomic mass is 9.93. The molecule has 3 rings (SSSR count). The minimum absolute atomic E-state index is 0.164. The van der Waals surface area contributed by atoms with Crippen molar-refractivity contribution in [3.05, 3.63) is 59.2 Å². The molecular weight excluding hydrogens is 276 g/mol. The predicted octanol–water partition coefficient (Wildman–Crippen LogP) is 2.65. The van der Waals surface area contributed by atoms with Gasteiger partial charge in [0.15, 0.2) is 0 Å². The standard InChI is InChI=1S/C18H20N2O2/c1-20-16-8-6-14(10-12(16)7-9-17(20)21)18(19)13-4-3-5-15(11-13)22-2/h3-6,8,10-11,18H,7,9,19H2,1-2H3. The summed E-state index contributed by atoms with van der Waals surface area (Å²) in [5.74, 6) is 0.966. The number of hydrogen-bond donors (Lipinski definition) is 1. The van der Waals surface area contributed by atoms with Crippen molar-refractivity contribution in [2.45, 2.75) is 18.9 Å². The van der Waals surface area contributed by atoms with Crippen molar-refractivity contribution >= 4 is 11.6 Å². The largest absolute Gasteiger partial charge is 0.497 e. The first-order valence-electron chi connectivity index (χ1n) is 7.39. The van der Waals surface area contributed by atoms with E-state index >= 15 is 0 Å². The molecule has 1 atom stereocenters. The van der Waals surface area contributed by atoms with Crippen LogP contribution in [0.2, 0.25) is 0 Å². The second-order valence-corrected chi connectivity index (χ2v) is 5.60. The van der Waals surface area contributed by atoms with Gasteiger partial charge in [-0.05, 0) is 41.3 Å². The summed E-state index contributed by atoms with van der Waals surface area (Å²) >= 11 is 0. The van der Waals surface area contributed by atoms with Crippen LogP contribution in [-0.2, 0) is 11.2 Å². The molecule has 2 aromatic carbocycles. The Balaban J connectivity index is 1.93. The zero-order chi connectivity index (χ0) is 15.7.